The second-order valence-electron chi connectivity index (χ2n) is 9.66. The van der Waals surface area contributed by atoms with Crippen LogP contribution >= 0.6 is 0 Å². The van der Waals surface area contributed by atoms with Gasteiger partial charge in [-0.25, -0.2) is 4.98 Å². The van der Waals surface area contributed by atoms with Crippen molar-refractivity contribution in [3.63, 3.8) is 0 Å². The van der Waals surface area contributed by atoms with Crippen LogP contribution in [0.3, 0.4) is 0 Å². The predicted octanol–water partition coefficient (Wildman–Crippen LogP) is 5.16. The lowest BCUT2D eigenvalue weighted by atomic mass is 10.0. The van der Waals surface area contributed by atoms with Gasteiger partial charge in [0.05, 0.1) is 27.0 Å². The zero-order chi connectivity index (χ0) is 22.5. The third-order valence-corrected chi connectivity index (χ3v) is 5.98. The summed E-state index contributed by atoms with van der Waals surface area (Å²) in [6, 6.07) is 10.9. The summed E-state index contributed by atoms with van der Waals surface area (Å²) >= 11 is 0. The summed E-state index contributed by atoms with van der Waals surface area (Å²) in [6.45, 7) is 4.75. The van der Waals surface area contributed by atoms with Crippen molar-refractivity contribution in [2.24, 2.45) is 0 Å². The molecule has 0 amide bonds. The number of H-pyrrole nitrogens is 1. The maximum absolute atomic E-state index is 3.67. The molecule has 32 heavy (non-hydrogen) atoms. The molecule has 1 aromatic carbocycles. The zero-order valence-corrected chi connectivity index (χ0v) is 22.8. The Hall–Kier alpha value is -1.13. The summed E-state index contributed by atoms with van der Waals surface area (Å²) in [5.74, 6) is 0. The number of halogens is 1. The van der Waals surface area contributed by atoms with Gasteiger partial charge in [-0.1, -0.05) is 114 Å². The largest absolute Gasteiger partial charge is 1.00 e. The Morgan fingerprint density at radius 3 is 1.62 bits per heavy atom. The molecule has 0 aliphatic rings. The fourth-order valence-electron chi connectivity index (χ4n) is 4.11. The monoisotopic (exact) mass is 507 g/mol. The quantitative estimate of drug-likeness (QED) is 0.232. The minimum Gasteiger partial charge on any atom is -1.00 e. The lowest BCUT2D eigenvalue weighted by molar-refractivity contribution is -0.903. The van der Waals surface area contributed by atoms with Gasteiger partial charge in [0.25, 0.3) is 0 Å². The van der Waals surface area contributed by atoms with Crippen molar-refractivity contribution in [1.82, 2.24) is 9.97 Å². The van der Waals surface area contributed by atoms with Crippen LogP contribution in [0.25, 0.3) is 0 Å². The molecule has 0 unspecified atom stereocenters. The number of nitrogens with zero attached hydrogens (tertiary/aromatic N) is 2. The second-order valence-corrected chi connectivity index (χ2v) is 9.66. The number of unbranched alkanes of at least 4 members (excludes halogenated alkanes) is 13. The Balaban J connectivity index is 0.00000140. The standard InChI is InChI=1S/C25H46N.C3H4N2.BrH/c1-4-5-6-7-8-9-10-11-12-13-14-15-16-20-23-26(2,3)24-25-21-18-17-19-22-25;1-2-5-3-4-1;/h17-19,21-22H,4-16,20,23-24H2,1-3H3;1-3H,(H,4,5);1H/q+1;;/p-1. The number of benzene rings is 1. The minimum atomic E-state index is 0. The van der Waals surface area contributed by atoms with E-state index in [2.05, 4.69) is 61.3 Å². The van der Waals surface area contributed by atoms with Crippen LogP contribution in [0.5, 0.6) is 0 Å². The van der Waals surface area contributed by atoms with Crippen LogP contribution in [-0.2, 0) is 6.54 Å². The second kappa shape index (κ2) is 21.7. The van der Waals surface area contributed by atoms with E-state index >= 15 is 0 Å². The van der Waals surface area contributed by atoms with E-state index in [1.165, 1.54) is 102 Å². The molecule has 0 fully saturated rings. The molecule has 0 bridgehead atoms. The average Bonchev–Trinajstić information content (AvgIpc) is 3.35. The molecule has 4 heteroatoms. The van der Waals surface area contributed by atoms with Gasteiger partial charge in [0.15, 0.2) is 0 Å². The number of nitrogens with one attached hydrogen (secondary N) is 1. The summed E-state index contributed by atoms with van der Waals surface area (Å²) < 4.78 is 1.11. The molecule has 0 atom stereocenters. The van der Waals surface area contributed by atoms with Gasteiger partial charge >= 0.3 is 0 Å². The lowest BCUT2D eigenvalue weighted by Crippen LogP contribution is -3.00. The number of imidazole rings is 1. The first-order chi connectivity index (χ1) is 15.1. The Morgan fingerprint density at radius 1 is 0.719 bits per heavy atom. The van der Waals surface area contributed by atoms with E-state index in [0.717, 1.165) is 11.0 Å². The molecule has 0 aliphatic carbocycles. The van der Waals surface area contributed by atoms with E-state index in [9.17, 15) is 0 Å². The van der Waals surface area contributed by atoms with E-state index in [4.69, 9.17) is 0 Å². The molecule has 0 saturated carbocycles. The van der Waals surface area contributed by atoms with Crippen molar-refractivity contribution in [3.8, 4) is 0 Å². The highest BCUT2D eigenvalue weighted by atomic mass is 79.9. The van der Waals surface area contributed by atoms with Crippen molar-refractivity contribution in [2.45, 2.75) is 103 Å². The third kappa shape index (κ3) is 19.5. The highest BCUT2D eigenvalue weighted by Crippen LogP contribution is 2.15. The van der Waals surface area contributed by atoms with Crippen LogP contribution in [0.1, 0.15) is 102 Å². The number of hydrogen-bond acceptors (Lipinski definition) is 1. The molecule has 1 heterocycles. The summed E-state index contributed by atoms with van der Waals surface area (Å²) in [6.07, 6.45) is 25.3. The van der Waals surface area contributed by atoms with E-state index in [-0.39, 0.29) is 17.0 Å². The van der Waals surface area contributed by atoms with Gasteiger partial charge in [-0.05, 0) is 12.8 Å². The molecule has 0 saturated heterocycles. The van der Waals surface area contributed by atoms with Crippen molar-refractivity contribution >= 4 is 0 Å². The van der Waals surface area contributed by atoms with E-state index in [1.807, 2.05) is 0 Å². The summed E-state index contributed by atoms with van der Waals surface area (Å²) in [4.78, 5) is 6.42. The summed E-state index contributed by atoms with van der Waals surface area (Å²) in [5, 5.41) is 0. The number of quaternary nitrogens is 1. The third-order valence-electron chi connectivity index (χ3n) is 5.98. The normalized spacial score (nSPS) is 10.8. The molecule has 1 aromatic heterocycles. The van der Waals surface area contributed by atoms with Crippen LogP contribution in [0.2, 0.25) is 0 Å². The van der Waals surface area contributed by atoms with Gasteiger partial charge in [0, 0.05) is 18.0 Å². The molecular formula is C28H50BrN3. The first kappa shape index (κ1) is 30.9. The van der Waals surface area contributed by atoms with E-state index < -0.39 is 0 Å². The minimum absolute atomic E-state index is 0. The van der Waals surface area contributed by atoms with Gasteiger partial charge in [0.2, 0.25) is 0 Å². The molecule has 184 valence electrons. The van der Waals surface area contributed by atoms with Gasteiger partial charge in [0.1, 0.15) is 6.54 Å². The highest BCUT2D eigenvalue weighted by Gasteiger charge is 2.14. The summed E-state index contributed by atoms with van der Waals surface area (Å²) in [7, 11) is 4.74. The van der Waals surface area contributed by atoms with Gasteiger partial charge in [-0.3, -0.25) is 0 Å². The van der Waals surface area contributed by atoms with Crippen molar-refractivity contribution in [2.75, 3.05) is 20.6 Å². The maximum atomic E-state index is 3.67. The van der Waals surface area contributed by atoms with Crippen LogP contribution in [-0.4, -0.2) is 35.1 Å². The zero-order valence-electron chi connectivity index (χ0n) is 21.2. The summed E-state index contributed by atoms with van der Waals surface area (Å²) in [5.41, 5.74) is 1.46. The van der Waals surface area contributed by atoms with Crippen LogP contribution in [0.4, 0.5) is 0 Å². The Morgan fingerprint density at radius 2 is 1.22 bits per heavy atom. The number of aromatic nitrogens is 2. The molecule has 3 nitrogen and oxygen atoms in total. The van der Waals surface area contributed by atoms with Crippen molar-refractivity contribution in [1.29, 1.82) is 0 Å². The fourth-order valence-corrected chi connectivity index (χ4v) is 4.11. The maximum Gasteiger partial charge on any atom is 0.104 e. The van der Waals surface area contributed by atoms with Gasteiger partial charge < -0.3 is 26.4 Å². The number of aromatic amines is 1. The van der Waals surface area contributed by atoms with Crippen LogP contribution in [0.15, 0.2) is 49.1 Å². The van der Waals surface area contributed by atoms with Gasteiger partial charge in [-0.15, -0.1) is 0 Å². The topological polar surface area (TPSA) is 28.7 Å². The molecule has 0 aliphatic heterocycles. The van der Waals surface area contributed by atoms with Crippen molar-refractivity contribution in [3.05, 3.63) is 54.6 Å². The number of rotatable bonds is 17. The van der Waals surface area contributed by atoms with Crippen LogP contribution < -0.4 is 17.0 Å². The van der Waals surface area contributed by atoms with Gasteiger partial charge in [-0.2, -0.15) is 0 Å². The van der Waals surface area contributed by atoms with E-state index in [0.29, 0.717) is 0 Å². The SMILES string of the molecule is CCCCCCCCCCCCCCCC[N+](C)(C)Cc1ccccc1.[Br-].c1c[nH]cn1. The molecule has 2 rings (SSSR count). The molecule has 2 aromatic rings. The highest BCUT2D eigenvalue weighted by molar-refractivity contribution is 5.13. The Bertz CT molecular complexity index is 567. The first-order valence-electron chi connectivity index (χ1n) is 12.9. The Labute approximate surface area is 209 Å². The predicted molar refractivity (Wildman–Crippen MR) is 136 cm³/mol. The number of hydrogen-bond donors (Lipinski definition) is 1. The van der Waals surface area contributed by atoms with E-state index in [1.54, 1.807) is 18.7 Å². The smallest absolute Gasteiger partial charge is 0.104 e. The van der Waals surface area contributed by atoms with Crippen LogP contribution in [0, 0.1) is 0 Å². The fraction of sp³-hybridized carbons (Fsp3) is 0.679. The van der Waals surface area contributed by atoms with Crippen molar-refractivity contribution < 1.29 is 21.5 Å². The lowest BCUT2D eigenvalue weighted by Gasteiger charge is -2.30. The molecule has 0 spiro atoms. The molecular weight excluding hydrogens is 458 g/mol. The average molecular weight is 509 g/mol. The molecule has 0 radical (unpaired) electrons. The molecule has 1 N–H and O–H groups in total. The Kier molecular flexibility index (Phi) is 20.9. The first-order valence-corrected chi connectivity index (χ1v) is 12.9.